The summed E-state index contributed by atoms with van der Waals surface area (Å²) in [5, 5.41) is 0. The Morgan fingerprint density at radius 1 is 1.27 bits per heavy atom. The smallest absolute Gasteiger partial charge is 0.113 e. The minimum atomic E-state index is -0.375. The van der Waals surface area contributed by atoms with E-state index < -0.39 is 0 Å². The summed E-state index contributed by atoms with van der Waals surface area (Å²) in [7, 11) is 0. The van der Waals surface area contributed by atoms with E-state index in [1.54, 1.807) is 0 Å². The highest BCUT2D eigenvalue weighted by molar-refractivity contribution is 8.00. The molecule has 0 aromatic heterocycles. The molecule has 0 saturated heterocycles. The molecule has 0 unspecified atom stereocenters. The van der Waals surface area contributed by atoms with Gasteiger partial charge in [-0.15, -0.1) is 0 Å². The zero-order valence-corrected chi connectivity index (χ0v) is 8.34. The summed E-state index contributed by atoms with van der Waals surface area (Å²) in [5.41, 5.74) is 0. The van der Waals surface area contributed by atoms with Gasteiger partial charge in [-0.3, -0.25) is 0 Å². The molecule has 0 aromatic carbocycles. The zero-order chi connectivity index (χ0) is 8.74. The van der Waals surface area contributed by atoms with E-state index in [1.165, 1.54) is 0 Å². The van der Waals surface area contributed by atoms with Crippen molar-refractivity contribution in [2.45, 2.75) is 25.5 Å². The summed E-state index contributed by atoms with van der Waals surface area (Å²) in [4.78, 5) is 0. The molecule has 1 nitrogen and oxygen atoms in total. The number of rotatable bonds is 5. The van der Waals surface area contributed by atoms with Gasteiger partial charge in [-0.1, -0.05) is 20.8 Å². The third-order valence-electron chi connectivity index (χ3n) is 0.984. The van der Waals surface area contributed by atoms with Crippen LogP contribution in [0.1, 0.15) is 20.8 Å². The first-order valence-corrected chi connectivity index (χ1v) is 4.82. The number of hydrogen-bond acceptors (Lipinski definition) is 2. The van der Waals surface area contributed by atoms with Crippen LogP contribution in [0.15, 0.2) is 0 Å². The molecule has 11 heavy (non-hydrogen) atoms. The van der Waals surface area contributed by atoms with Crippen molar-refractivity contribution in [3.05, 3.63) is 0 Å². The Hall–Kier alpha value is 0.240. The van der Waals surface area contributed by atoms with Crippen LogP contribution in [0.4, 0.5) is 4.39 Å². The van der Waals surface area contributed by atoms with Gasteiger partial charge in [-0.05, 0) is 0 Å². The highest BCUT2D eigenvalue weighted by atomic mass is 32.2. The lowest BCUT2D eigenvalue weighted by atomic mass is 10.3. The minimum Gasteiger partial charge on any atom is -0.378 e. The molecule has 3 heteroatoms. The van der Waals surface area contributed by atoms with Gasteiger partial charge in [-0.25, -0.2) is 4.39 Å². The van der Waals surface area contributed by atoms with Gasteiger partial charge in [0.05, 0.1) is 13.2 Å². The lowest BCUT2D eigenvalue weighted by molar-refractivity contribution is 0.133. The Morgan fingerprint density at radius 3 is 2.36 bits per heavy atom. The Kier molecular flexibility index (Phi) is 5.96. The molecular formula is C8H17FOS. The van der Waals surface area contributed by atoms with E-state index in [4.69, 9.17) is 4.74 Å². The van der Waals surface area contributed by atoms with Crippen LogP contribution < -0.4 is 0 Å². The molecule has 0 bridgehead atoms. The maximum absolute atomic E-state index is 11.5. The number of halogens is 1. The van der Waals surface area contributed by atoms with E-state index in [1.807, 2.05) is 11.8 Å². The lowest BCUT2D eigenvalue weighted by Gasteiger charge is -2.16. The van der Waals surface area contributed by atoms with Crippen LogP contribution in [0.3, 0.4) is 0 Å². The Labute approximate surface area is 72.7 Å². The molecule has 0 rings (SSSR count). The van der Waals surface area contributed by atoms with Crippen molar-refractivity contribution in [1.29, 1.82) is 0 Å². The van der Waals surface area contributed by atoms with E-state index >= 15 is 0 Å². The molecule has 0 aromatic rings. The van der Waals surface area contributed by atoms with E-state index in [0.29, 0.717) is 11.4 Å². The van der Waals surface area contributed by atoms with Crippen molar-refractivity contribution in [1.82, 2.24) is 0 Å². The van der Waals surface area contributed by atoms with Crippen molar-refractivity contribution in [3.8, 4) is 0 Å². The minimum absolute atomic E-state index is 0.241. The van der Waals surface area contributed by atoms with Crippen LogP contribution in [0.2, 0.25) is 0 Å². The highest BCUT2D eigenvalue weighted by Gasteiger charge is 2.08. The van der Waals surface area contributed by atoms with E-state index in [2.05, 4.69) is 20.8 Å². The first kappa shape index (κ1) is 11.2. The monoisotopic (exact) mass is 179 g/mol. The van der Waals surface area contributed by atoms with Gasteiger partial charge < -0.3 is 4.74 Å². The maximum Gasteiger partial charge on any atom is 0.113 e. The van der Waals surface area contributed by atoms with Crippen LogP contribution in [0, 0.1) is 0 Å². The molecule has 0 N–H and O–H groups in total. The van der Waals surface area contributed by atoms with Gasteiger partial charge in [0, 0.05) is 10.5 Å². The Balaban J connectivity index is 3.02. The molecule has 0 amide bonds. The second-order valence-corrected chi connectivity index (χ2v) is 5.18. The zero-order valence-electron chi connectivity index (χ0n) is 7.52. The summed E-state index contributed by atoms with van der Waals surface area (Å²) >= 11 is 1.84. The van der Waals surface area contributed by atoms with Gasteiger partial charge in [0.15, 0.2) is 0 Å². The summed E-state index contributed by atoms with van der Waals surface area (Å²) in [6.45, 7) is 7.00. The van der Waals surface area contributed by atoms with Crippen LogP contribution in [0.5, 0.6) is 0 Å². The Morgan fingerprint density at radius 2 is 1.91 bits per heavy atom. The molecule has 0 fully saturated rings. The molecule has 0 saturated carbocycles. The fraction of sp³-hybridized carbons (Fsp3) is 1.00. The van der Waals surface area contributed by atoms with E-state index in [0.717, 1.165) is 5.75 Å². The van der Waals surface area contributed by atoms with Gasteiger partial charge in [-0.2, -0.15) is 11.8 Å². The average molecular weight is 179 g/mol. The standard InChI is InChI=1S/C8H17FOS/c1-8(2,3)11-7-6-10-5-4-9/h4-7H2,1-3H3/i9-1. The summed E-state index contributed by atoms with van der Waals surface area (Å²) < 4.78 is 16.8. The first-order chi connectivity index (χ1) is 5.06. The van der Waals surface area contributed by atoms with Gasteiger partial charge in [0.2, 0.25) is 0 Å². The normalized spacial score (nSPS) is 12.0. The van der Waals surface area contributed by atoms with Crippen LogP contribution in [-0.2, 0) is 4.74 Å². The topological polar surface area (TPSA) is 9.23 Å². The highest BCUT2D eigenvalue weighted by Crippen LogP contribution is 2.22. The number of alkyl halides is 1. The molecule has 68 valence electrons. The maximum atomic E-state index is 11.5. The van der Waals surface area contributed by atoms with Crippen molar-refractivity contribution < 1.29 is 9.13 Å². The van der Waals surface area contributed by atoms with Crippen molar-refractivity contribution in [2.24, 2.45) is 0 Å². The van der Waals surface area contributed by atoms with Gasteiger partial charge in [0.25, 0.3) is 0 Å². The molecular weight excluding hydrogens is 162 g/mol. The Bertz CT molecular complexity index is 90.6. The summed E-state index contributed by atoms with van der Waals surface area (Å²) in [6, 6.07) is 0. The van der Waals surface area contributed by atoms with Crippen molar-refractivity contribution in [3.63, 3.8) is 0 Å². The van der Waals surface area contributed by atoms with Crippen molar-refractivity contribution in [2.75, 3.05) is 25.6 Å². The average Bonchev–Trinajstić information content (AvgIpc) is 1.85. The van der Waals surface area contributed by atoms with Crippen molar-refractivity contribution >= 4 is 11.8 Å². The van der Waals surface area contributed by atoms with Crippen LogP contribution in [-0.4, -0.2) is 30.4 Å². The second kappa shape index (κ2) is 5.84. The van der Waals surface area contributed by atoms with Crippen LogP contribution in [0.25, 0.3) is 0 Å². The molecule has 0 aliphatic rings. The van der Waals surface area contributed by atoms with E-state index in [9.17, 15) is 4.39 Å². The second-order valence-electron chi connectivity index (χ2n) is 3.26. The molecule has 0 radical (unpaired) electrons. The molecule has 0 atom stereocenters. The molecule has 0 heterocycles. The quantitative estimate of drug-likeness (QED) is 0.600. The molecule has 0 spiro atoms. The molecule has 0 aliphatic heterocycles. The SMILES string of the molecule is CC(C)(C)SCCOCC[18F]. The third kappa shape index (κ3) is 10.2. The lowest BCUT2D eigenvalue weighted by Crippen LogP contribution is -2.11. The van der Waals surface area contributed by atoms with Gasteiger partial charge >= 0.3 is 0 Å². The largest absolute Gasteiger partial charge is 0.378 e. The predicted octanol–water partition coefficient (Wildman–Crippen LogP) is 2.50. The summed E-state index contributed by atoms with van der Waals surface area (Å²) in [5.74, 6) is 0.948. The fourth-order valence-corrected chi connectivity index (χ4v) is 1.38. The fourth-order valence-electron chi connectivity index (χ4n) is 0.563. The van der Waals surface area contributed by atoms with Gasteiger partial charge in [0.1, 0.15) is 6.67 Å². The van der Waals surface area contributed by atoms with E-state index in [-0.39, 0.29) is 13.3 Å². The summed E-state index contributed by atoms with van der Waals surface area (Å²) in [6.07, 6.45) is 0. The number of ether oxygens (including phenoxy) is 1. The predicted molar refractivity (Wildman–Crippen MR) is 49.0 cm³/mol. The number of thioether (sulfide) groups is 1. The molecule has 0 aliphatic carbocycles. The third-order valence-corrected chi connectivity index (χ3v) is 2.22. The van der Waals surface area contributed by atoms with Crippen LogP contribution >= 0.6 is 11.8 Å². The first-order valence-electron chi connectivity index (χ1n) is 3.84. The number of hydrogen-bond donors (Lipinski definition) is 0.